The van der Waals surface area contributed by atoms with E-state index in [1.54, 1.807) is 6.08 Å². The van der Waals surface area contributed by atoms with Crippen molar-refractivity contribution in [2.24, 2.45) is 5.92 Å². The first-order valence-corrected chi connectivity index (χ1v) is 11.6. The van der Waals surface area contributed by atoms with Crippen molar-refractivity contribution >= 4 is 28.8 Å². The SMILES string of the molecule is C=CCN1C(=O)C(Nc2ccc(N3CCC(C)CC3)cc2)=C(c2ccc(OCC)cc2)C1=O. The lowest BCUT2D eigenvalue weighted by Crippen LogP contribution is -2.32. The van der Waals surface area contributed by atoms with Crippen molar-refractivity contribution in [3.8, 4) is 5.75 Å². The molecule has 2 aromatic rings. The monoisotopic (exact) mass is 445 g/mol. The van der Waals surface area contributed by atoms with Crippen molar-refractivity contribution in [1.82, 2.24) is 4.90 Å². The number of anilines is 2. The third kappa shape index (κ3) is 4.80. The molecule has 2 aliphatic rings. The van der Waals surface area contributed by atoms with E-state index >= 15 is 0 Å². The molecule has 0 aromatic heterocycles. The summed E-state index contributed by atoms with van der Waals surface area (Å²) in [4.78, 5) is 29.8. The van der Waals surface area contributed by atoms with Crippen LogP contribution in [0.25, 0.3) is 5.57 Å². The largest absolute Gasteiger partial charge is 0.494 e. The zero-order valence-corrected chi connectivity index (χ0v) is 19.3. The molecule has 0 bridgehead atoms. The van der Waals surface area contributed by atoms with Crippen molar-refractivity contribution in [3.05, 3.63) is 72.4 Å². The minimum absolute atomic E-state index is 0.162. The number of nitrogens with zero attached hydrogens (tertiary/aromatic N) is 2. The molecule has 2 amide bonds. The standard InChI is InChI=1S/C27H31N3O3/c1-4-16-30-26(31)24(20-6-12-23(13-7-20)33-5-2)25(27(30)32)28-21-8-10-22(11-9-21)29-17-14-19(3)15-18-29/h4,6-13,19,28H,1,5,14-18H2,2-3H3. The summed E-state index contributed by atoms with van der Waals surface area (Å²) in [6.45, 7) is 10.7. The summed E-state index contributed by atoms with van der Waals surface area (Å²) in [5.74, 6) is 0.821. The van der Waals surface area contributed by atoms with E-state index in [0.717, 1.165) is 30.4 Å². The lowest BCUT2D eigenvalue weighted by atomic mass is 9.99. The molecule has 4 rings (SSSR count). The van der Waals surface area contributed by atoms with Crippen LogP contribution in [0.5, 0.6) is 5.75 Å². The average Bonchev–Trinajstić information content (AvgIpc) is 3.05. The Morgan fingerprint density at radius 2 is 1.70 bits per heavy atom. The van der Waals surface area contributed by atoms with Crippen molar-refractivity contribution in [2.75, 3.05) is 36.5 Å². The van der Waals surface area contributed by atoms with Crippen LogP contribution in [-0.2, 0) is 9.59 Å². The van der Waals surface area contributed by atoms with Gasteiger partial charge in [-0.3, -0.25) is 14.5 Å². The van der Waals surface area contributed by atoms with Crippen LogP contribution in [-0.4, -0.2) is 43.0 Å². The Bertz CT molecular complexity index is 1050. The lowest BCUT2D eigenvalue weighted by Gasteiger charge is -2.32. The molecular formula is C27H31N3O3. The van der Waals surface area contributed by atoms with E-state index in [1.807, 2.05) is 43.3 Å². The third-order valence-electron chi connectivity index (χ3n) is 6.22. The van der Waals surface area contributed by atoms with E-state index in [9.17, 15) is 9.59 Å². The number of amides is 2. The van der Waals surface area contributed by atoms with Crippen molar-refractivity contribution in [2.45, 2.75) is 26.7 Å². The second-order valence-corrected chi connectivity index (χ2v) is 8.56. The number of rotatable bonds is 8. The quantitative estimate of drug-likeness (QED) is 0.471. The molecule has 0 saturated carbocycles. The molecule has 0 radical (unpaired) electrons. The first kappa shape index (κ1) is 22.6. The van der Waals surface area contributed by atoms with Gasteiger partial charge in [0.25, 0.3) is 11.8 Å². The summed E-state index contributed by atoms with van der Waals surface area (Å²) in [6, 6.07) is 15.3. The van der Waals surface area contributed by atoms with Crippen molar-refractivity contribution < 1.29 is 14.3 Å². The number of hydrogen-bond acceptors (Lipinski definition) is 5. The number of piperidine rings is 1. The van der Waals surface area contributed by atoms with Crippen LogP contribution in [0.3, 0.4) is 0 Å². The van der Waals surface area contributed by atoms with E-state index < -0.39 is 0 Å². The van der Waals surface area contributed by atoms with Gasteiger partial charge in [0.2, 0.25) is 0 Å². The normalized spacial score (nSPS) is 17.0. The summed E-state index contributed by atoms with van der Waals surface area (Å²) in [7, 11) is 0. The fraction of sp³-hybridized carbons (Fsp3) is 0.333. The Balaban J connectivity index is 1.61. The Morgan fingerprint density at radius 1 is 1.03 bits per heavy atom. The van der Waals surface area contributed by atoms with Crippen LogP contribution in [0, 0.1) is 5.92 Å². The van der Waals surface area contributed by atoms with Crippen LogP contribution in [0.4, 0.5) is 11.4 Å². The Hall–Kier alpha value is -3.54. The summed E-state index contributed by atoms with van der Waals surface area (Å²) < 4.78 is 5.51. The van der Waals surface area contributed by atoms with Gasteiger partial charge in [0.05, 0.1) is 12.2 Å². The van der Waals surface area contributed by atoms with Gasteiger partial charge in [-0.25, -0.2) is 0 Å². The molecule has 0 aliphatic carbocycles. The minimum Gasteiger partial charge on any atom is -0.494 e. The Labute approximate surface area is 195 Å². The predicted octanol–water partition coefficient (Wildman–Crippen LogP) is 4.70. The van der Waals surface area contributed by atoms with E-state index in [2.05, 4.69) is 35.9 Å². The van der Waals surface area contributed by atoms with Gasteiger partial charge in [-0.05, 0) is 67.6 Å². The number of carbonyl (C=O) groups excluding carboxylic acids is 2. The highest BCUT2D eigenvalue weighted by atomic mass is 16.5. The van der Waals surface area contributed by atoms with E-state index in [-0.39, 0.29) is 24.1 Å². The van der Waals surface area contributed by atoms with Gasteiger partial charge in [0.1, 0.15) is 11.4 Å². The third-order valence-corrected chi connectivity index (χ3v) is 6.22. The summed E-state index contributed by atoms with van der Waals surface area (Å²) in [5, 5.41) is 3.22. The molecule has 172 valence electrons. The van der Waals surface area contributed by atoms with Gasteiger partial charge < -0.3 is 15.0 Å². The van der Waals surface area contributed by atoms with Gasteiger partial charge >= 0.3 is 0 Å². The number of imide groups is 1. The van der Waals surface area contributed by atoms with Crippen LogP contribution >= 0.6 is 0 Å². The molecule has 0 spiro atoms. The molecule has 1 fully saturated rings. The van der Waals surface area contributed by atoms with Gasteiger partial charge in [-0.1, -0.05) is 25.1 Å². The van der Waals surface area contributed by atoms with Gasteiger partial charge in [-0.15, -0.1) is 6.58 Å². The first-order chi connectivity index (χ1) is 16.0. The second kappa shape index (κ2) is 9.94. The fourth-order valence-corrected chi connectivity index (χ4v) is 4.31. The van der Waals surface area contributed by atoms with Crippen molar-refractivity contribution in [1.29, 1.82) is 0 Å². The first-order valence-electron chi connectivity index (χ1n) is 11.6. The summed E-state index contributed by atoms with van der Waals surface area (Å²) in [6.07, 6.45) is 3.96. The molecule has 0 atom stereocenters. The molecule has 2 aromatic carbocycles. The number of hydrogen-bond donors (Lipinski definition) is 1. The highest BCUT2D eigenvalue weighted by Gasteiger charge is 2.38. The second-order valence-electron chi connectivity index (χ2n) is 8.56. The molecule has 2 heterocycles. The van der Waals surface area contributed by atoms with Gasteiger partial charge in [0, 0.05) is 31.0 Å². The van der Waals surface area contributed by atoms with E-state index in [0.29, 0.717) is 17.7 Å². The number of carbonyl (C=O) groups is 2. The average molecular weight is 446 g/mol. The highest BCUT2D eigenvalue weighted by molar-refractivity contribution is 6.36. The maximum atomic E-state index is 13.1. The smallest absolute Gasteiger partial charge is 0.278 e. The summed E-state index contributed by atoms with van der Waals surface area (Å²) >= 11 is 0. The zero-order chi connectivity index (χ0) is 23.4. The molecule has 6 heteroatoms. The maximum absolute atomic E-state index is 13.1. The zero-order valence-electron chi connectivity index (χ0n) is 19.3. The molecule has 1 N–H and O–H groups in total. The van der Waals surface area contributed by atoms with Crippen molar-refractivity contribution in [3.63, 3.8) is 0 Å². The Kier molecular flexibility index (Phi) is 6.82. The molecule has 2 aliphatic heterocycles. The molecule has 1 saturated heterocycles. The van der Waals surface area contributed by atoms with Gasteiger partial charge in [0.15, 0.2) is 0 Å². The maximum Gasteiger partial charge on any atom is 0.278 e. The molecule has 6 nitrogen and oxygen atoms in total. The Morgan fingerprint density at radius 3 is 2.30 bits per heavy atom. The van der Waals surface area contributed by atoms with E-state index in [4.69, 9.17) is 4.74 Å². The summed E-state index contributed by atoms with van der Waals surface area (Å²) in [5.41, 5.74) is 3.26. The van der Waals surface area contributed by atoms with Crippen LogP contribution in [0.1, 0.15) is 32.3 Å². The van der Waals surface area contributed by atoms with E-state index in [1.165, 1.54) is 23.4 Å². The number of benzene rings is 2. The highest BCUT2D eigenvalue weighted by Crippen LogP contribution is 2.32. The minimum atomic E-state index is -0.349. The number of nitrogens with one attached hydrogen (secondary N) is 1. The lowest BCUT2D eigenvalue weighted by molar-refractivity contribution is -0.136. The fourth-order valence-electron chi connectivity index (χ4n) is 4.31. The number of ether oxygens (including phenoxy) is 1. The van der Waals surface area contributed by atoms with Crippen LogP contribution < -0.4 is 15.0 Å². The van der Waals surface area contributed by atoms with Crippen LogP contribution in [0.15, 0.2) is 66.9 Å². The molecular weight excluding hydrogens is 414 g/mol. The molecule has 0 unspecified atom stereocenters. The predicted molar refractivity (Wildman–Crippen MR) is 132 cm³/mol. The van der Waals surface area contributed by atoms with Crippen LogP contribution in [0.2, 0.25) is 0 Å². The molecule has 33 heavy (non-hydrogen) atoms. The topological polar surface area (TPSA) is 61.9 Å². The van der Waals surface area contributed by atoms with Gasteiger partial charge in [-0.2, -0.15) is 0 Å².